The van der Waals surface area contributed by atoms with Crippen molar-refractivity contribution in [3.05, 3.63) is 24.3 Å². The van der Waals surface area contributed by atoms with Gasteiger partial charge in [-0.05, 0) is 62.7 Å². The summed E-state index contributed by atoms with van der Waals surface area (Å²) in [4.78, 5) is 5.16. The van der Waals surface area contributed by atoms with Crippen LogP contribution in [0.2, 0.25) is 0 Å². The zero-order valence-corrected chi connectivity index (χ0v) is 14.0. The highest BCUT2D eigenvalue weighted by Gasteiger charge is 2.33. The van der Waals surface area contributed by atoms with E-state index >= 15 is 0 Å². The van der Waals surface area contributed by atoms with Gasteiger partial charge in [0, 0.05) is 30.9 Å². The van der Waals surface area contributed by atoms with Crippen molar-refractivity contribution in [3.63, 3.8) is 0 Å². The Balaban J connectivity index is 1.73. The van der Waals surface area contributed by atoms with Gasteiger partial charge >= 0.3 is 0 Å². The smallest absolute Gasteiger partial charge is 0.117 e. The van der Waals surface area contributed by atoms with Gasteiger partial charge < -0.3 is 14.9 Å². The highest BCUT2D eigenvalue weighted by Crippen LogP contribution is 2.35. The van der Waals surface area contributed by atoms with Gasteiger partial charge in [-0.2, -0.15) is 0 Å². The molecule has 3 rings (SSSR count). The number of rotatable bonds is 4. The van der Waals surface area contributed by atoms with Gasteiger partial charge in [0.05, 0.1) is 0 Å². The third kappa shape index (κ3) is 3.40. The molecule has 0 spiro atoms. The largest absolute Gasteiger partial charge is 0.508 e. The first kappa shape index (κ1) is 15.7. The van der Waals surface area contributed by atoms with Crippen molar-refractivity contribution in [3.8, 4) is 5.75 Å². The summed E-state index contributed by atoms with van der Waals surface area (Å²) in [7, 11) is 0. The molecule has 2 heterocycles. The minimum atomic E-state index is 0.377. The molecule has 0 amide bonds. The maximum atomic E-state index is 9.82. The van der Waals surface area contributed by atoms with Crippen molar-refractivity contribution in [2.24, 2.45) is 11.8 Å². The number of nitrogens with zero attached hydrogens (tertiary/aromatic N) is 2. The first-order chi connectivity index (χ1) is 10.6. The van der Waals surface area contributed by atoms with Crippen LogP contribution in [0, 0.1) is 11.8 Å². The number of phenolic OH excluding ortho intramolecular Hbond substituents is 1. The maximum Gasteiger partial charge on any atom is 0.117 e. The van der Waals surface area contributed by atoms with Gasteiger partial charge in [0.2, 0.25) is 0 Å². The van der Waals surface area contributed by atoms with Crippen molar-refractivity contribution in [2.45, 2.75) is 45.6 Å². The van der Waals surface area contributed by atoms with E-state index in [2.05, 4.69) is 29.7 Å². The Labute approximate surface area is 134 Å². The van der Waals surface area contributed by atoms with E-state index in [0.717, 1.165) is 12.5 Å². The number of phenols is 1. The summed E-state index contributed by atoms with van der Waals surface area (Å²) in [6, 6.07) is 8.38. The van der Waals surface area contributed by atoms with Crippen molar-refractivity contribution in [1.29, 1.82) is 0 Å². The Morgan fingerprint density at radius 3 is 2.64 bits per heavy atom. The Bertz CT molecular complexity index is 484. The Kier molecular flexibility index (Phi) is 4.92. The molecule has 2 fully saturated rings. The molecule has 1 N–H and O–H groups in total. The van der Waals surface area contributed by atoms with Crippen LogP contribution in [0.4, 0.5) is 5.69 Å². The minimum Gasteiger partial charge on any atom is -0.508 e. The third-order valence-corrected chi connectivity index (χ3v) is 5.83. The third-order valence-electron chi connectivity index (χ3n) is 5.83. The van der Waals surface area contributed by atoms with Crippen LogP contribution in [0.25, 0.3) is 0 Å². The minimum absolute atomic E-state index is 0.377. The highest BCUT2D eigenvalue weighted by molar-refractivity contribution is 5.51. The van der Waals surface area contributed by atoms with E-state index in [1.165, 1.54) is 51.0 Å². The van der Waals surface area contributed by atoms with Crippen LogP contribution in [0.3, 0.4) is 0 Å². The van der Waals surface area contributed by atoms with Crippen LogP contribution < -0.4 is 4.90 Å². The molecule has 3 unspecified atom stereocenters. The molecule has 0 bridgehead atoms. The van der Waals surface area contributed by atoms with Gasteiger partial charge in [-0.1, -0.05) is 19.9 Å². The number of anilines is 1. The quantitative estimate of drug-likeness (QED) is 0.918. The fraction of sp³-hybridized carbons (Fsp3) is 0.684. The van der Waals surface area contributed by atoms with Crippen molar-refractivity contribution in [2.75, 3.05) is 31.1 Å². The summed E-state index contributed by atoms with van der Waals surface area (Å²) in [5.74, 6) is 1.87. The summed E-state index contributed by atoms with van der Waals surface area (Å²) >= 11 is 0. The molecule has 122 valence electrons. The average Bonchev–Trinajstić information content (AvgIpc) is 3.02. The van der Waals surface area contributed by atoms with Gasteiger partial charge in [0.25, 0.3) is 0 Å². The molecule has 0 aromatic heterocycles. The summed E-state index contributed by atoms with van der Waals surface area (Å²) in [6.45, 7) is 9.70. The molecule has 2 saturated heterocycles. The molecule has 3 atom stereocenters. The van der Waals surface area contributed by atoms with Crippen molar-refractivity contribution in [1.82, 2.24) is 4.90 Å². The van der Waals surface area contributed by atoms with Crippen molar-refractivity contribution >= 4 is 5.69 Å². The maximum absolute atomic E-state index is 9.82. The molecule has 2 aliphatic rings. The zero-order valence-electron chi connectivity index (χ0n) is 14.0. The molecular weight excluding hydrogens is 272 g/mol. The van der Waals surface area contributed by atoms with E-state index in [0.29, 0.717) is 17.7 Å². The van der Waals surface area contributed by atoms with Crippen LogP contribution in [0.5, 0.6) is 5.75 Å². The monoisotopic (exact) mass is 302 g/mol. The normalized spacial score (nSPS) is 29.9. The summed E-state index contributed by atoms with van der Waals surface area (Å²) in [5, 5.41) is 9.82. The van der Waals surface area contributed by atoms with Gasteiger partial charge in [0.15, 0.2) is 0 Å². The van der Waals surface area contributed by atoms with E-state index in [1.54, 1.807) is 6.07 Å². The fourth-order valence-corrected chi connectivity index (χ4v) is 4.17. The second kappa shape index (κ2) is 6.91. The molecule has 22 heavy (non-hydrogen) atoms. The SMILES string of the molecule is CC1CCN(c2cccc(O)c2)C(CCN2CCCC2)C1C. The number of benzene rings is 1. The van der Waals surface area contributed by atoms with Crippen LogP contribution in [-0.2, 0) is 0 Å². The van der Waals surface area contributed by atoms with Gasteiger partial charge in [-0.3, -0.25) is 0 Å². The predicted molar refractivity (Wildman–Crippen MR) is 92.5 cm³/mol. The van der Waals surface area contributed by atoms with Gasteiger partial charge in [-0.15, -0.1) is 0 Å². The first-order valence-corrected chi connectivity index (χ1v) is 8.93. The summed E-state index contributed by atoms with van der Waals surface area (Å²) in [5.41, 5.74) is 1.19. The molecular formula is C19H30N2O. The molecule has 3 nitrogen and oxygen atoms in total. The lowest BCUT2D eigenvalue weighted by atomic mass is 9.80. The number of piperidine rings is 1. The van der Waals surface area contributed by atoms with E-state index in [-0.39, 0.29) is 0 Å². The molecule has 0 aliphatic carbocycles. The molecule has 0 saturated carbocycles. The number of hydrogen-bond donors (Lipinski definition) is 1. The standard InChI is InChI=1S/C19H30N2O/c1-15-8-13-21(17-6-5-7-18(22)14-17)19(16(15)2)9-12-20-10-3-4-11-20/h5-7,14-16,19,22H,3-4,8-13H2,1-2H3. The molecule has 3 heteroatoms. The lowest BCUT2D eigenvalue weighted by Crippen LogP contribution is -2.49. The Hall–Kier alpha value is -1.22. The topological polar surface area (TPSA) is 26.7 Å². The molecule has 1 aromatic rings. The summed E-state index contributed by atoms with van der Waals surface area (Å²) in [6.07, 6.45) is 5.22. The van der Waals surface area contributed by atoms with Crippen LogP contribution in [0.1, 0.15) is 39.5 Å². The van der Waals surface area contributed by atoms with Gasteiger partial charge in [0.1, 0.15) is 5.75 Å². The average molecular weight is 302 g/mol. The van der Waals surface area contributed by atoms with Crippen molar-refractivity contribution < 1.29 is 5.11 Å². The van der Waals surface area contributed by atoms with Crippen LogP contribution in [0.15, 0.2) is 24.3 Å². The zero-order chi connectivity index (χ0) is 15.5. The number of hydrogen-bond acceptors (Lipinski definition) is 3. The highest BCUT2D eigenvalue weighted by atomic mass is 16.3. The number of likely N-dealkylation sites (tertiary alicyclic amines) is 1. The molecule has 1 aromatic carbocycles. The van der Waals surface area contributed by atoms with E-state index in [9.17, 15) is 5.11 Å². The Morgan fingerprint density at radius 1 is 1.14 bits per heavy atom. The second-order valence-corrected chi connectivity index (χ2v) is 7.24. The van der Waals surface area contributed by atoms with Crippen LogP contribution >= 0.6 is 0 Å². The second-order valence-electron chi connectivity index (χ2n) is 7.24. The molecule has 2 aliphatic heterocycles. The lowest BCUT2D eigenvalue weighted by Gasteiger charge is -2.45. The Morgan fingerprint density at radius 2 is 1.91 bits per heavy atom. The van der Waals surface area contributed by atoms with Crippen LogP contribution in [-0.4, -0.2) is 42.2 Å². The fourth-order valence-electron chi connectivity index (χ4n) is 4.17. The van der Waals surface area contributed by atoms with Gasteiger partial charge in [-0.25, -0.2) is 0 Å². The predicted octanol–water partition coefficient (Wildman–Crippen LogP) is 3.73. The van der Waals surface area contributed by atoms with E-state index < -0.39 is 0 Å². The molecule has 0 radical (unpaired) electrons. The lowest BCUT2D eigenvalue weighted by molar-refractivity contribution is 0.220. The number of aromatic hydroxyl groups is 1. The van der Waals surface area contributed by atoms with E-state index in [4.69, 9.17) is 0 Å². The van der Waals surface area contributed by atoms with E-state index in [1.807, 2.05) is 12.1 Å². The summed E-state index contributed by atoms with van der Waals surface area (Å²) < 4.78 is 0. The first-order valence-electron chi connectivity index (χ1n) is 8.93.